The number of benzene rings is 1. The standard InChI is InChI=1S/C15H20BrNO/c1-9(2)7-12(16)10-5-6-13-11(8-10)15(3,4)14(18)17-13/h5-6,8-9,12H,7H2,1-4H3,(H,17,18). The van der Waals surface area contributed by atoms with Crippen LogP contribution in [0.3, 0.4) is 0 Å². The third-order valence-corrected chi connectivity index (χ3v) is 4.48. The Labute approximate surface area is 117 Å². The summed E-state index contributed by atoms with van der Waals surface area (Å²) >= 11 is 3.74. The lowest BCUT2D eigenvalue weighted by molar-refractivity contribution is -0.119. The molecule has 1 aromatic carbocycles. The van der Waals surface area contributed by atoms with Crippen molar-refractivity contribution in [3.05, 3.63) is 29.3 Å². The van der Waals surface area contributed by atoms with E-state index in [1.165, 1.54) is 5.56 Å². The number of fused-ring (bicyclic) bond motifs is 1. The van der Waals surface area contributed by atoms with Crippen LogP contribution in [0.1, 0.15) is 50.1 Å². The van der Waals surface area contributed by atoms with Crippen LogP contribution in [0.2, 0.25) is 0 Å². The van der Waals surface area contributed by atoms with Gasteiger partial charge in [0.15, 0.2) is 0 Å². The average molecular weight is 310 g/mol. The van der Waals surface area contributed by atoms with Crippen molar-refractivity contribution in [3.8, 4) is 0 Å². The van der Waals surface area contributed by atoms with E-state index >= 15 is 0 Å². The SMILES string of the molecule is CC(C)CC(Br)c1ccc2c(c1)C(C)(C)C(=O)N2. The second-order valence-corrected chi connectivity index (χ2v) is 7.09. The largest absolute Gasteiger partial charge is 0.325 e. The first kappa shape index (κ1) is 13.6. The minimum atomic E-state index is -0.421. The van der Waals surface area contributed by atoms with Gasteiger partial charge < -0.3 is 5.32 Å². The number of rotatable bonds is 3. The summed E-state index contributed by atoms with van der Waals surface area (Å²) in [5.74, 6) is 0.736. The summed E-state index contributed by atoms with van der Waals surface area (Å²) in [5.41, 5.74) is 2.90. The molecule has 1 aliphatic heterocycles. The fourth-order valence-electron chi connectivity index (χ4n) is 2.33. The molecule has 2 nitrogen and oxygen atoms in total. The van der Waals surface area contributed by atoms with E-state index in [2.05, 4.69) is 47.2 Å². The van der Waals surface area contributed by atoms with Crippen LogP contribution >= 0.6 is 15.9 Å². The summed E-state index contributed by atoms with van der Waals surface area (Å²) in [4.78, 5) is 12.2. The summed E-state index contributed by atoms with van der Waals surface area (Å²) in [6.07, 6.45) is 1.10. The smallest absolute Gasteiger partial charge is 0.234 e. The Hall–Kier alpha value is -0.830. The molecule has 1 N–H and O–H groups in total. The van der Waals surface area contributed by atoms with Crippen LogP contribution in [0.4, 0.5) is 5.69 Å². The topological polar surface area (TPSA) is 29.1 Å². The number of hydrogen-bond acceptors (Lipinski definition) is 1. The van der Waals surface area contributed by atoms with Crippen LogP contribution in [0.25, 0.3) is 0 Å². The zero-order valence-electron chi connectivity index (χ0n) is 11.4. The van der Waals surface area contributed by atoms with Crippen LogP contribution in [0.5, 0.6) is 0 Å². The van der Waals surface area contributed by atoms with Crippen molar-refractivity contribution < 1.29 is 4.79 Å². The Balaban J connectivity index is 2.34. The lowest BCUT2D eigenvalue weighted by Gasteiger charge is -2.18. The molecule has 1 unspecified atom stereocenters. The van der Waals surface area contributed by atoms with Gasteiger partial charge in [-0.05, 0) is 43.4 Å². The second-order valence-electron chi connectivity index (χ2n) is 5.98. The first-order chi connectivity index (χ1) is 8.32. The molecular weight excluding hydrogens is 290 g/mol. The normalized spacial score (nSPS) is 18.7. The predicted molar refractivity (Wildman–Crippen MR) is 79.2 cm³/mol. The highest BCUT2D eigenvalue weighted by Crippen LogP contribution is 2.40. The Kier molecular flexibility index (Phi) is 3.54. The molecule has 3 heteroatoms. The van der Waals surface area contributed by atoms with E-state index in [0.717, 1.165) is 17.7 Å². The molecular formula is C15H20BrNO. The van der Waals surface area contributed by atoms with E-state index in [4.69, 9.17) is 0 Å². The molecule has 0 aromatic heterocycles. The quantitative estimate of drug-likeness (QED) is 0.824. The molecule has 0 spiro atoms. The highest BCUT2D eigenvalue weighted by molar-refractivity contribution is 9.09. The van der Waals surface area contributed by atoms with Gasteiger partial charge in [0.1, 0.15) is 0 Å². The number of alkyl halides is 1. The number of carbonyl (C=O) groups is 1. The number of amides is 1. The van der Waals surface area contributed by atoms with Crippen LogP contribution in [-0.2, 0) is 10.2 Å². The molecule has 1 aliphatic rings. The van der Waals surface area contributed by atoms with Crippen molar-refractivity contribution in [1.82, 2.24) is 0 Å². The van der Waals surface area contributed by atoms with Gasteiger partial charge >= 0.3 is 0 Å². The molecule has 1 aromatic rings. The Bertz CT molecular complexity index is 479. The van der Waals surface area contributed by atoms with Gasteiger partial charge in [0.25, 0.3) is 0 Å². The van der Waals surface area contributed by atoms with E-state index < -0.39 is 5.41 Å². The van der Waals surface area contributed by atoms with Gasteiger partial charge in [-0.25, -0.2) is 0 Å². The molecule has 1 heterocycles. The Morgan fingerprint density at radius 1 is 1.33 bits per heavy atom. The molecule has 0 saturated carbocycles. The highest BCUT2D eigenvalue weighted by Gasteiger charge is 2.38. The Morgan fingerprint density at radius 2 is 2.00 bits per heavy atom. The summed E-state index contributed by atoms with van der Waals surface area (Å²) < 4.78 is 0. The maximum atomic E-state index is 11.9. The van der Waals surface area contributed by atoms with Gasteiger partial charge in [0.2, 0.25) is 5.91 Å². The molecule has 1 atom stereocenters. The third-order valence-electron chi connectivity index (χ3n) is 3.57. The van der Waals surface area contributed by atoms with Crippen molar-refractivity contribution in [3.63, 3.8) is 0 Å². The zero-order valence-corrected chi connectivity index (χ0v) is 13.0. The van der Waals surface area contributed by atoms with Crippen molar-refractivity contribution in [2.24, 2.45) is 5.92 Å². The maximum absolute atomic E-state index is 11.9. The van der Waals surface area contributed by atoms with Crippen molar-refractivity contribution >= 4 is 27.5 Å². The van der Waals surface area contributed by atoms with Gasteiger partial charge in [-0.2, -0.15) is 0 Å². The van der Waals surface area contributed by atoms with Crippen LogP contribution in [0.15, 0.2) is 18.2 Å². The first-order valence-corrected chi connectivity index (χ1v) is 7.34. The van der Waals surface area contributed by atoms with Gasteiger partial charge in [-0.15, -0.1) is 0 Å². The first-order valence-electron chi connectivity index (χ1n) is 6.42. The highest BCUT2D eigenvalue weighted by atomic mass is 79.9. The lowest BCUT2D eigenvalue weighted by Crippen LogP contribution is -2.26. The van der Waals surface area contributed by atoms with Gasteiger partial charge in [-0.3, -0.25) is 4.79 Å². The monoisotopic (exact) mass is 309 g/mol. The van der Waals surface area contributed by atoms with Crippen molar-refractivity contribution in [2.45, 2.75) is 44.4 Å². The molecule has 0 saturated heterocycles. The molecule has 0 fully saturated rings. The van der Waals surface area contributed by atoms with Crippen molar-refractivity contribution in [1.29, 1.82) is 0 Å². The van der Waals surface area contributed by atoms with E-state index in [9.17, 15) is 4.79 Å². The maximum Gasteiger partial charge on any atom is 0.234 e. The van der Waals surface area contributed by atoms with Gasteiger partial charge in [-0.1, -0.05) is 41.9 Å². The minimum absolute atomic E-state index is 0.0876. The van der Waals surface area contributed by atoms with E-state index in [0.29, 0.717) is 10.7 Å². The predicted octanol–water partition coefficient (Wildman–Crippen LogP) is 4.40. The lowest BCUT2D eigenvalue weighted by atomic mass is 9.85. The van der Waals surface area contributed by atoms with E-state index in [-0.39, 0.29) is 5.91 Å². The summed E-state index contributed by atoms with van der Waals surface area (Å²) in [5, 5.41) is 2.94. The average Bonchev–Trinajstić information content (AvgIpc) is 2.49. The van der Waals surface area contributed by atoms with Gasteiger partial charge in [0, 0.05) is 10.5 Å². The van der Waals surface area contributed by atoms with Crippen LogP contribution < -0.4 is 5.32 Å². The van der Waals surface area contributed by atoms with Gasteiger partial charge in [0.05, 0.1) is 5.41 Å². The zero-order chi connectivity index (χ0) is 13.5. The fraction of sp³-hybridized carbons (Fsp3) is 0.533. The fourth-order valence-corrected chi connectivity index (χ4v) is 3.37. The van der Waals surface area contributed by atoms with Crippen LogP contribution in [-0.4, -0.2) is 5.91 Å². The Morgan fingerprint density at radius 3 is 2.61 bits per heavy atom. The molecule has 18 heavy (non-hydrogen) atoms. The van der Waals surface area contributed by atoms with E-state index in [1.54, 1.807) is 0 Å². The number of nitrogens with one attached hydrogen (secondary N) is 1. The molecule has 0 radical (unpaired) electrons. The third kappa shape index (κ3) is 2.33. The van der Waals surface area contributed by atoms with Crippen molar-refractivity contribution in [2.75, 3.05) is 5.32 Å². The summed E-state index contributed by atoms with van der Waals surface area (Å²) in [7, 11) is 0. The summed E-state index contributed by atoms with van der Waals surface area (Å²) in [6, 6.07) is 6.28. The number of hydrogen-bond donors (Lipinski definition) is 1. The number of carbonyl (C=O) groups excluding carboxylic acids is 1. The summed E-state index contributed by atoms with van der Waals surface area (Å²) in [6.45, 7) is 8.39. The molecule has 98 valence electrons. The molecule has 0 bridgehead atoms. The molecule has 1 amide bonds. The van der Waals surface area contributed by atoms with E-state index in [1.807, 2.05) is 19.9 Å². The van der Waals surface area contributed by atoms with Crippen LogP contribution in [0, 0.1) is 5.92 Å². The molecule has 2 rings (SSSR count). The second kappa shape index (κ2) is 4.69. The molecule has 0 aliphatic carbocycles. The minimum Gasteiger partial charge on any atom is -0.325 e. The number of halogens is 1. The number of anilines is 1.